The van der Waals surface area contributed by atoms with Crippen molar-refractivity contribution in [2.75, 3.05) is 45.2 Å². The summed E-state index contributed by atoms with van der Waals surface area (Å²) < 4.78 is 0. The Labute approximate surface area is 145 Å². The number of aromatic nitrogens is 1. The van der Waals surface area contributed by atoms with Gasteiger partial charge < -0.3 is 9.80 Å². The van der Waals surface area contributed by atoms with E-state index in [1.165, 1.54) is 32.1 Å². The number of rotatable bonds is 3. The van der Waals surface area contributed by atoms with Gasteiger partial charge in [-0.1, -0.05) is 19.3 Å². The van der Waals surface area contributed by atoms with Crippen LogP contribution in [0.15, 0.2) is 18.3 Å². The number of hydrogen-bond donors (Lipinski definition) is 0. The highest BCUT2D eigenvalue weighted by molar-refractivity contribution is 5.94. The molecule has 1 aromatic rings. The van der Waals surface area contributed by atoms with E-state index >= 15 is 0 Å². The van der Waals surface area contributed by atoms with Crippen LogP contribution in [0.25, 0.3) is 0 Å². The summed E-state index contributed by atoms with van der Waals surface area (Å²) >= 11 is 0. The Hall–Kier alpha value is -1.62. The monoisotopic (exact) mass is 330 g/mol. The van der Waals surface area contributed by atoms with Gasteiger partial charge in [-0.05, 0) is 31.4 Å². The average Bonchev–Trinajstić information content (AvgIpc) is 2.88. The van der Waals surface area contributed by atoms with Crippen LogP contribution in [-0.4, -0.2) is 67.0 Å². The number of carbonyl (C=O) groups is 1. The lowest BCUT2D eigenvalue weighted by atomic mass is 9.94. The van der Waals surface area contributed by atoms with Gasteiger partial charge in [-0.25, -0.2) is 4.98 Å². The molecule has 1 amide bonds. The van der Waals surface area contributed by atoms with E-state index in [9.17, 15) is 4.79 Å². The van der Waals surface area contributed by atoms with E-state index in [4.69, 9.17) is 0 Å². The summed E-state index contributed by atoms with van der Waals surface area (Å²) in [5.41, 5.74) is 0.701. The third-order valence-electron chi connectivity index (χ3n) is 5.36. The molecule has 1 saturated carbocycles. The zero-order valence-corrected chi connectivity index (χ0v) is 15.1. The van der Waals surface area contributed by atoms with Crippen molar-refractivity contribution in [3.05, 3.63) is 23.9 Å². The van der Waals surface area contributed by atoms with Crippen LogP contribution in [0.4, 0.5) is 5.82 Å². The van der Waals surface area contributed by atoms with Crippen LogP contribution in [0, 0.1) is 0 Å². The van der Waals surface area contributed by atoms with Gasteiger partial charge in [0.1, 0.15) is 5.82 Å². The van der Waals surface area contributed by atoms with Crippen molar-refractivity contribution in [1.29, 1.82) is 0 Å². The summed E-state index contributed by atoms with van der Waals surface area (Å²) in [5, 5.41) is 0. The maximum atomic E-state index is 12.8. The standard InChI is InChI=1S/C19H30N4O/c1-21(2)18-10-9-16(15-20-18)19(24)23-12-6-11-22(13-14-23)17-7-4-3-5-8-17/h9-10,15,17H,3-8,11-14H2,1-2H3. The minimum atomic E-state index is 0.123. The van der Waals surface area contributed by atoms with Crippen LogP contribution in [0.5, 0.6) is 0 Å². The fourth-order valence-electron chi connectivity index (χ4n) is 3.91. The second-order valence-electron chi connectivity index (χ2n) is 7.27. The maximum Gasteiger partial charge on any atom is 0.255 e. The summed E-state index contributed by atoms with van der Waals surface area (Å²) in [7, 11) is 3.91. The minimum Gasteiger partial charge on any atom is -0.363 e. The van der Waals surface area contributed by atoms with Gasteiger partial charge in [-0.2, -0.15) is 0 Å². The van der Waals surface area contributed by atoms with E-state index < -0.39 is 0 Å². The van der Waals surface area contributed by atoms with Gasteiger partial charge in [-0.3, -0.25) is 9.69 Å². The zero-order chi connectivity index (χ0) is 16.9. The Morgan fingerprint density at radius 3 is 2.50 bits per heavy atom. The SMILES string of the molecule is CN(C)c1ccc(C(=O)N2CCCN(C3CCCCC3)CC2)cn1. The van der Waals surface area contributed by atoms with E-state index in [2.05, 4.69) is 9.88 Å². The van der Waals surface area contributed by atoms with Gasteiger partial charge in [0.15, 0.2) is 0 Å². The van der Waals surface area contributed by atoms with E-state index in [1.54, 1.807) is 6.20 Å². The molecule has 2 fully saturated rings. The van der Waals surface area contributed by atoms with Crippen molar-refractivity contribution < 1.29 is 4.79 Å². The van der Waals surface area contributed by atoms with Gasteiger partial charge in [-0.15, -0.1) is 0 Å². The molecule has 1 aromatic heterocycles. The predicted molar refractivity (Wildman–Crippen MR) is 97.5 cm³/mol. The molecule has 0 radical (unpaired) electrons. The molecule has 5 heteroatoms. The third-order valence-corrected chi connectivity index (χ3v) is 5.36. The van der Waals surface area contributed by atoms with Crippen LogP contribution in [0.1, 0.15) is 48.9 Å². The molecular formula is C19H30N4O. The molecule has 0 aromatic carbocycles. The van der Waals surface area contributed by atoms with Crippen LogP contribution in [0.3, 0.4) is 0 Å². The molecule has 1 aliphatic heterocycles. The molecule has 2 aliphatic rings. The van der Waals surface area contributed by atoms with Crippen molar-refractivity contribution in [1.82, 2.24) is 14.8 Å². The van der Waals surface area contributed by atoms with E-state index in [0.717, 1.165) is 44.5 Å². The summed E-state index contributed by atoms with van der Waals surface area (Å²) in [6.07, 6.45) is 9.59. The normalized spacial score (nSPS) is 20.7. The Kier molecular flexibility index (Phi) is 5.72. The van der Waals surface area contributed by atoms with Crippen molar-refractivity contribution in [3.63, 3.8) is 0 Å². The Morgan fingerprint density at radius 2 is 1.83 bits per heavy atom. The van der Waals surface area contributed by atoms with Crippen molar-refractivity contribution in [2.24, 2.45) is 0 Å². The number of anilines is 1. The topological polar surface area (TPSA) is 39.7 Å². The highest BCUT2D eigenvalue weighted by Crippen LogP contribution is 2.23. The summed E-state index contributed by atoms with van der Waals surface area (Å²) in [5.74, 6) is 1.00. The lowest BCUT2D eigenvalue weighted by molar-refractivity contribution is 0.0754. The Balaban J connectivity index is 1.59. The maximum absolute atomic E-state index is 12.8. The van der Waals surface area contributed by atoms with Crippen LogP contribution in [0.2, 0.25) is 0 Å². The number of nitrogens with zero attached hydrogens (tertiary/aromatic N) is 4. The number of hydrogen-bond acceptors (Lipinski definition) is 4. The van der Waals surface area contributed by atoms with Gasteiger partial charge in [0.05, 0.1) is 5.56 Å². The number of pyridine rings is 1. The second kappa shape index (κ2) is 7.97. The van der Waals surface area contributed by atoms with E-state index in [0.29, 0.717) is 5.56 Å². The molecule has 0 N–H and O–H groups in total. The quantitative estimate of drug-likeness (QED) is 0.854. The minimum absolute atomic E-state index is 0.123. The Bertz CT molecular complexity index is 537. The zero-order valence-electron chi connectivity index (χ0n) is 15.1. The first-order chi connectivity index (χ1) is 11.6. The van der Waals surface area contributed by atoms with Gasteiger partial charge in [0.25, 0.3) is 5.91 Å². The molecule has 0 unspecified atom stereocenters. The first kappa shape index (κ1) is 17.2. The van der Waals surface area contributed by atoms with Gasteiger partial charge >= 0.3 is 0 Å². The molecule has 3 rings (SSSR count). The second-order valence-corrected chi connectivity index (χ2v) is 7.27. The van der Waals surface area contributed by atoms with E-state index in [1.807, 2.05) is 36.0 Å². The highest BCUT2D eigenvalue weighted by atomic mass is 16.2. The van der Waals surface area contributed by atoms with Gasteiger partial charge in [0.2, 0.25) is 0 Å². The first-order valence-electron chi connectivity index (χ1n) is 9.32. The molecule has 0 spiro atoms. The smallest absolute Gasteiger partial charge is 0.255 e. The van der Waals surface area contributed by atoms with Crippen LogP contribution >= 0.6 is 0 Å². The fraction of sp³-hybridized carbons (Fsp3) is 0.684. The average molecular weight is 330 g/mol. The molecule has 132 valence electrons. The molecule has 1 saturated heterocycles. The molecule has 0 bridgehead atoms. The Morgan fingerprint density at radius 1 is 1.04 bits per heavy atom. The van der Waals surface area contributed by atoms with Crippen LogP contribution in [-0.2, 0) is 0 Å². The molecule has 2 heterocycles. The number of carbonyl (C=O) groups excluding carboxylic acids is 1. The predicted octanol–water partition coefficient (Wildman–Crippen LogP) is 2.63. The fourth-order valence-corrected chi connectivity index (χ4v) is 3.91. The van der Waals surface area contributed by atoms with Crippen molar-refractivity contribution in [3.8, 4) is 0 Å². The van der Waals surface area contributed by atoms with Crippen molar-refractivity contribution >= 4 is 11.7 Å². The molecule has 5 nitrogen and oxygen atoms in total. The summed E-state index contributed by atoms with van der Waals surface area (Å²) in [6.45, 7) is 3.84. The summed E-state index contributed by atoms with van der Waals surface area (Å²) in [6, 6.07) is 4.56. The molecular weight excluding hydrogens is 300 g/mol. The van der Waals surface area contributed by atoms with Crippen molar-refractivity contribution in [2.45, 2.75) is 44.6 Å². The lowest BCUT2D eigenvalue weighted by Gasteiger charge is -2.33. The van der Waals surface area contributed by atoms with Gasteiger partial charge in [0, 0.05) is 52.5 Å². The number of amides is 1. The molecule has 1 aliphatic carbocycles. The van der Waals surface area contributed by atoms with E-state index in [-0.39, 0.29) is 5.91 Å². The highest BCUT2D eigenvalue weighted by Gasteiger charge is 2.25. The molecule has 24 heavy (non-hydrogen) atoms. The van der Waals surface area contributed by atoms with Crippen LogP contribution < -0.4 is 4.90 Å². The third kappa shape index (κ3) is 4.07. The largest absolute Gasteiger partial charge is 0.363 e. The lowest BCUT2D eigenvalue weighted by Crippen LogP contribution is -2.40. The summed E-state index contributed by atoms with van der Waals surface area (Å²) in [4.78, 5) is 23.7. The first-order valence-corrected chi connectivity index (χ1v) is 9.32. The molecule has 0 atom stereocenters.